The Kier molecular flexibility index (Phi) is 7.67. The van der Waals surface area contributed by atoms with Crippen LogP contribution in [0.25, 0.3) is 0 Å². The lowest BCUT2D eigenvalue weighted by molar-refractivity contribution is -0.134. The Hall–Kier alpha value is -3.50. The zero-order chi connectivity index (χ0) is 23.3. The molecule has 1 aromatic rings. The van der Waals surface area contributed by atoms with Crippen LogP contribution in [-0.2, 0) is 19.0 Å². The van der Waals surface area contributed by atoms with Gasteiger partial charge in [0.1, 0.15) is 0 Å². The van der Waals surface area contributed by atoms with Crippen LogP contribution in [0.1, 0.15) is 39.4 Å². The Labute approximate surface area is 180 Å². The average molecular weight is 437 g/mol. The van der Waals surface area contributed by atoms with E-state index in [1.54, 1.807) is 45.9 Å². The van der Waals surface area contributed by atoms with Crippen molar-refractivity contribution in [2.45, 2.75) is 46.1 Å². The number of hydrazine groups is 1. The molecule has 11 heteroatoms. The van der Waals surface area contributed by atoms with Crippen LogP contribution in [0.3, 0.4) is 0 Å². The van der Waals surface area contributed by atoms with Crippen molar-refractivity contribution in [3.05, 3.63) is 23.8 Å². The second-order valence-electron chi connectivity index (χ2n) is 6.95. The summed E-state index contributed by atoms with van der Waals surface area (Å²) in [6.07, 6.45) is -4.03. The predicted octanol–water partition coefficient (Wildman–Crippen LogP) is 2.90. The zero-order valence-corrected chi connectivity index (χ0v) is 18.6. The summed E-state index contributed by atoms with van der Waals surface area (Å²) in [5.41, 5.74) is 0.430. The molecule has 0 bridgehead atoms. The van der Waals surface area contributed by atoms with Crippen LogP contribution in [0.15, 0.2) is 23.2 Å². The number of amides is 2. The lowest BCUT2D eigenvalue weighted by Crippen LogP contribution is -2.52. The molecule has 0 saturated carbocycles. The molecule has 2 amide bonds. The van der Waals surface area contributed by atoms with Gasteiger partial charge in [-0.05, 0) is 39.8 Å². The molecule has 0 N–H and O–H groups in total. The lowest BCUT2D eigenvalue weighted by Gasteiger charge is -2.31. The van der Waals surface area contributed by atoms with Gasteiger partial charge in [0, 0.05) is 5.56 Å². The highest BCUT2D eigenvalue weighted by atomic mass is 16.6. The number of ether oxygens (including phenoxy) is 5. The molecule has 0 radical (unpaired) electrons. The average Bonchev–Trinajstić information content (AvgIpc) is 3.12. The van der Waals surface area contributed by atoms with Crippen LogP contribution in [-0.4, -0.2) is 67.5 Å². The highest BCUT2D eigenvalue weighted by Crippen LogP contribution is 2.37. The fraction of sp³-hybridized carbons (Fsp3) is 0.500. The number of hydrogen-bond donors (Lipinski definition) is 0. The summed E-state index contributed by atoms with van der Waals surface area (Å²) < 4.78 is 25.8. The molecule has 170 valence electrons. The van der Waals surface area contributed by atoms with Crippen LogP contribution < -0.4 is 9.47 Å². The Balaban J connectivity index is 2.62. The van der Waals surface area contributed by atoms with Gasteiger partial charge in [0.15, 0.2) is 17.7 Å². The zero-order valence-electron chi connectivity index (χ0n) is 18.6. The number of benzene rings is 1. The molecule has 31 heavy (non-hydrogen) atoms. The maximum Gasteiger partial charge on any atom is 0.435 e. The highest BCUT2D eigenvalue weighted by Gasteiger charge is 2.47. The molecular formula is C20H27N3O8. The van der Waals surface area contributed by atoms with Crippen LogP contribution in [0, 0.1) is 0 Å². The second kappa shape index (κ2) is 10.0. The Morgan fingerprint density at radius 3 is 2.00 bits per heavy atom. The first-order valence-corrected chi connectivity index (χ1v) is 9.53. The van der Waals surface area contributed by atoms with Crippen LogP contribution in [0.4, 0.5) is 9.59 Å². The molecule has 1 aliphatic heterocycles. The van der Waals surface area contributed by atoms with Crippen molar-refractivity contribution in [3.63, 3.8) is 0 Å². The van der Waals surface area contributed by atoms with E-state index in [0.29, 0.717) is 17.1 Å². The molecule has 0 fully saturated rings. The van der Waals surface area contributed by atoms with Gasteiger partial charge in [-0.1, -0.05) is 6.07 Å². The summed E-state index contributed by atoms with van der Waals surface area (Å²) in [5.74, 6) is -0.524. The molecule has 11 nitrogen and oxygen atoms in total. The van der Waals surface area contributed by atoms with Gasteiger partial charge < -0.3 is 23.7 Å². The van der Waals surface area contributed by atoms with E-state index in [0.717, 1.165) is 17.1 Å². The molecule has 0 spiro atoms. The van der Waals surface area contributed by atoms with Gasteiger partial charge in [0.2, 0.25) is 5.84 Å². The maximum atomic E-state index is 12.9. The van der Waals surface area contributed by atoms with E-state index in [9.17, 15) is 14.4 Å². The quantitative estimate of drug-likeness (QED) is 0.493. The van der Waals surface area contributed by atoms with Gasteiger partial charge in [-0.15, -0.1) is 0 Å². The summed E-state index contributed by atoms with van der Waals surface area (Å²) >= 11 is 0. The number of rotatable bonds is 6. The molecule has 1 atom stereocenters. The molecule has 1 unspecified atom stereocenters. The number of amidine groups is 1. The molecule has 0 saturated heterocycles. The van der Waals surface area contributed by atoms with Crippen molar-refractivity contribution in [1.82, 2.24) is 10.0 Å². The van der Waals surface area contributed by atoms with Crippen LogP contribution >= 0.6 is 0 Å². The monoisotopic (exact) mass is 437 g/mol. The smallest absolute Gasteiger partial charge is 0.435 e. The van der Waals surface area contributed by atoms with Crippen molar-refractivity contribution < 1.29 is 38.1 Å². The normalized spacial score (nSPS) is 15.6. The van der Waals surface area contributed by atoms with Crippen molar-refractivity contribution in [2.24, 2.45) is 4.99 Å². The Morgan fingerprint density at radius 2 is 1.48 bits per heavy atom. The third-order valence-corrected chi connectivity index (χ3v) is 4.00. The lowest BCUT2D eigenvalue weighted by atomic mass is 10.1. The largest absolute Gasteiger partial charge is 0.493 e. The van der Waals surface area contributed by atoms with E-state index < -0.39 is 42.4 Å². The maximum absolute atomic E-state index is 12.9. The van der Waals surface area contributed by atoms with E-state index >= 15 is 0 Å². The molecular weight excluding hydrogens is 410 g/mol. The van der Waals surface area contributed by atoms with E-state index in [1.807, 2.05) is 0 Å². The molecule has 1 aromatic carbocycles. The number of carbonyl (C=O) groups excluding carboxylic acids is 3. The van der Waals surface area contributed by atoms with Gasteiger partial charge in [-0.25, -0.2) is 19.4 Å². The summed E-state index contributed by atoms with van der Waals surface area (Å²) in [6, 6.07) is 4.81. The highest BCUT2D eigenvalue weighted by molar-refractivity contribution is 6.38. The van der Waals surface area contributed by atoms with Gasteiger partial charge in [-0.3, -0.25) is 0 Å². The topological polar surface area (TPSA) is 116 Å². The minimum absolute atomic E-state index is 0.371. The Morgan fingerprint density at radius 1 is 0.903 bits per heavy atom. The molecule has 1 heterocycles. The number of aliphatic imine (C=N–C) groups is 1. The van der Waals surface area contributed by atoms with Crippen molar-refractivity contribution >= 4 is 24.0 Å². The van der Waals surface area contributed by atoms with E-state index in [1.165, 1.54) is 14.2 Å². The third kappa shape index (κ3) is 5.16. The minimum atomic E-state index is -1.13. The number of carbonyl (C=O) groups is 3. The van der Waals surface area contributed by atoms with Crippen LogP contribution in [0.2, 0.25) is 0 Å². The van der Waals surface area contributed by atoms with E-state index in [-0.39, 0.29) is 0 Å². The van der Waals surface area contributed by atoms with E-state index in [2.05, 4.69) is 4.99 Å². The predicted molar refractivity (Wildman–Crippen MR) is 109 cm³/mol. The molecule has 2 rings (SSSR count). The van der Waals surface area contributed by atoms with Gasteiger partial charge in [0.05, 0.1) is 33.5 Å². The van der Waals surface area contributed by atoms with Crippen LogP contribution in [0.5, 0.6) is 11.5 Å². The molecule has 1 aliphatic rings. The summed E-state index contributed by atoms with van der Waals surface area (Å²) in [4.78, 5) is 42.4. The first-order chi connectivity index (χ1) is 14.6. The number of methoxy groups -OCH3 is 3. The second-order valence-corrected chi connectivity index (χ2v) is 6.95. The first kappa shape index (κ1) is 23.8. The fourth-order valence-electron chi connectivity index (χ4n) is 2.76. The first-order valence-electron chi connectivity index (χ1n) is 9.53. The van der Waals surface area contributed by atoms with Crippen molar-refractivity contribution in [1.29, 1.82) is 0 Å². The number of esters is 1. The Bertz CT molecular complexity index is 868. The molecule has 0 aliphatic carbocycles. The number of nitrogens with zero attached hydrogens (tertiary/aromatic N) is 3. The summed E-state index contributed by atoms with van der Waals surface area (Å²) in [7, 11) is 4.07. The van der Waals surface area contributed by atoms with Gasteiger partial charge in [0.25, 0.3) is 0 Å². The summed E-state index contributed by atoms with van der Waals surface area (Å²) in [6.45, 7) is 6.56. The standard InChI is InChI=1S/C20H27N3O8/c1-11(2)30-19(25)22-16(13-8-9-14(27-5)15(10-13)28-6)21-17(18(24)29-7)23(22)20(26)31-12(3)4/h8-12,16H,1-7H3. The SMILES string of the molecule is COC(=O)C1=NC(c2ccc(OC)c(OC)c2)N(C(=O)OC(C)C)N1C(=O)OC(C)C. The van der Waals surface area contributed by atoms with Crippen molar-refractivity contribution in [2.75, 3.05) is 21.3 Å². The summed E-state index contributed by atoms with van der Waals surface area (Å²) in [5, 5.41) is 1.62. The third-order valence-electron chi connectivity index (χ3n) is 4.00. The molecule has 0 aromatic heterocycles. The number of hydrogen-bond acceptors (Lipinski definition) is 9. The van der Waals surface area contributed by atoms with Gasteiger partial charge in [-0.2, -0.15) is 10.0 Å². The van der Waals surface area contributed by atoms with Crippen molar-refractivity contribution in [3.8, 4) is 11.5 Å². The van der Waals surface area contributed by atoms with E-state index in [4.69, 9.17) is 23.7 Å². The minimum Gasteiger partial charge on any atom is -0.493 e. The van der Waals surface area contributed by atoms with Gasteiger partial charge >= 0.3 is 18.2 Å². The fourth-order valence-corrected chi connectivity index (χ4v) is 2.76.